The SMILES string of the molecule is CCCNc1nccc(-c2oc(C3OCC(C)(C(=O)NC4CC4)CO3)nc2-c2ccc(F)cc2)n1. The summed E-state index contributed by atoms with van der Waals surface area (Å²) in [5.74, 6) is 0.627. The van der Waals surface area contributed by atoms with E-state index in [1.807, 2.05) is 6.92 Å². The molecule has 0 spiro atoms. The summed E-state index contributed by atoms with van der Waals surface area (Å²) in [6.07, 6.45) is 3.69. The monoisotopic (exact) mass is 481 g/mol. The molecule has 5 rings (SSSR count). The molecule has 0 unspecified atom stereocenters. The first kappa shape index (κ1) is 23.4. The lowest BCUT2D eigenvalue weighted by Gasteiger charge is -2.34. The quantitative estimate of drug-likeness (QED) is 0.495. The second-order valence-electron chi connectivity index (χ2n) is 9.19. The highest BCUT2D eigenvalue weighted by molar-refractivity contribution is 5.83. The van der Waals surface area contributed by atoms with Gasteiger partial charge in [0.05, 0.1) is 18.6 Å². The van der Waals surface area contributed by atoms with E-state index in [1.54, 1.807) is 24.4 Å². The van der Waals surface area contributed by atoms with Gasteiger partial charge in [0.25, 0.3) is 5.89 Å². The fraction of sp³-hybridized carbons (Fsp3) is 0.440. The summed E-state index contributed by atoms with van der Waals surface area (Å²) in [6.45, 7) is 4.93. The number of rotatable bonds is 8. The maximum Gasteiger partial charge on any atom is 0.253 e. The van der Waals surface area contributed by atoms with Gasteiger partial charge < -0.3 is 24.5 Å². The van der Waals surface area contributed by atoms with Gasteiger partial charge in [-0.15, -0.1) is 0 Å². The van der Waals surface area contributed by atoms with E-state index in [4.69, 9.17) is 13.9 Å². The summed E-state index contributed by atoms with van der Waals surface area (Å²) in [4.78, 5) is 26.1. The van der Waals surface area contributed by atoms with E-state index in [0.29, 0.717) is 28.7 Å². The number of nitrogens with zero attached hydrogens (tertiary/aromatic N) is 3. The summed E-state index contributed by atoms with van der Waals surface area (Å²) in [5.41, 5.74) is 0.858. The molecule has 1 saturated heterocycles. The minimum atomic E-state index is -0.885. The molecule has 1 aromatic carbocycles. The normalized spacial score (nSPS) is 22.1. The van der Waals surface area contributed by atoms with E-state index < -0.39 is 11.7 Å². The van der Waals surface area contributed by atoms with Crippen molar-refractivity contribution in [2.45, 2.75) is 45.4 Å². The number of amides is 1. The second-order valence-corrected chi connectivity index (χ2v) is 9.19. The Morgan fingerprint density at radius 3 is 2.57 bits per heavy atom. The van der Waals surface area contributed by atoms with Crippen molar-refractivity contribution in [3.63, 3.8) is 0 Å². The zero-order valence-electron chi connectivity index (χ0n) is 19.7. The fourth-order valence-corrected chi connectivity index (χ4v) is 3.69. The van der Waals surface area contributed by atoms with E-state index in [1.165, 1.54) is 12.1 Å². The summed E-state index contributed by atoms with van der Waals surface area (Å²) >= 11 is 0. The highest BCUT2D eigenvalue weighted by Crippen LogP contribution is 2.38. The first-order chi connectivity index (χ1) is 16.9. The third kappa shape index (κ3) is 5.18. The molecule has 1 aliphatic carbocycles. The van der Waals surface area contributed by atoms with Crippen LogP contribution in [0.3, 0.4) is 0 Å². The van der Waals surface area contributed by atoms with Crippen molar-refractivity contribution in [2.24, 2.45) is 5.41 Å². The molecular formula is C25H28FN5O4. The molecule has 10 heteroatoms. The predicted molar refractivity (Wildman–Crippen MR) is 126 cm³/mol. The minimum Gasteiger partial charge on any atom is -0.433 e. The van der Waals surface area contributed by atoms with Gasteiger partial charge in [0, 0.05) is 24.3 Å². The number of oxazole rings is 1. The van der Waals surface area contributed by atoms with Crippen LogP contribution in [0.15, 0.2) is 40.9 Å². The Hall–Kier alpha value is -3.37. The van der Waals surface area contributed by atoms with Crippen molar-refractivity contribution >= 4 is 11.9 Å². The Bertz CT molecular complexity index is 1190. The number of nitrogens with one attached hydrogen (secondary N) is 2. The summed E-state index contributed by atoms with van der Waals surface area (Å²) in [6, 6.07) is 7.95. The van der Waals surface area contributed by atoms with E-state index in [9.17, 15) is 9.18 Å². The topological polar surface area (TPSA) is 111 Å². The third-order valence-corrected chi connectivity index (χ3v) is 5.95. The van der Waals surface area contributed by atoms with Gasteiger partial charge in [-0.3, -0.25) is 4.79 Å². The third-order valence-electron chi connectivity index (χ3n) is 5.95. The molecule has 2 fully saturated rings. The molecule has 1 aliphatic heterocycles. The predicted octanol–water partition coefficient (Wildman–Crippen LogP) is 4.09. The molecule has 2 N–H and O–H groups in total. The lowest BCUT2D eigenvalue weighted by Crippen LogP contribution is -2.49. The van der Waals surface area contributed by atoms with Crippen LogP contribution in [-0.4, -0.2) is 46.7 Å². The molecule has 9 nitrogen and oxygen atoms in total. The van der Waals surface area contributed by atoms with Crippen LogP contribution in [0.25, 0.3) is 22.7 Å². The van der Waals surface area contributed by atoms with Crippen LogP contribution in [0.4, 0.5) is 10.3 Å². The number of ether oxygens (including phenoxy) is 2. The van der Waals surface area contributed by atoms with Crippen molar-refractivity contribution < 1.29 is 23.1 Å². The van der Waals surface area contributed by atoms with Crippen molar-refractivity contribution in [2.75, 3.05) is 25.1 Å². The van der Waals surface area contributed by atoms with Gasteiger partial charge >= 0.3 is 0 Å². The van der Waals surface area contributed by atoms with E-state index in [2.05, 4.69) is 32.5 Å². The molecular weight excluding hydrogens is 453 g/mol. The Morgan fingerprint density at radius 2 is 1.89 bits per heavy atom. The number of aromatic nitrogens is 3. The van der Waals surface area contributed by atoms with Crippen molar-refractivity contribution in [1.29, 1.82) is 0 Å². The van der Waals surface area contributed by atoms with Gasteiger partial charge in [-0.1, -0.05) is 6.92 Å². The average Bonchev–Trinajstić information content (AvgIpc) is 3.58. The summed E-state index contributed by atoms with van der Waals surface area (Å²) in [7, 11) is 0. The number of hydrogen-bond acceptors (Lipinski definition) is 8. The molecule has 2 aliphatic rings. The van der Waals surface area contributed by atoms with E-state index in [-0.39, 0.29) is 36.9 Å². The molecule has 184 valence electrons. The Kier molecular flexibility index (Phi) is 6.48. The summed E-state index contributed by atoms with van der Waals surface area (Å²) in [5, 5.41) is 6.17. The molecule has 3 aromatic rings. The Morgan fingerprint density at radius 1 is 1.14 bits per heavy atom. The second kappa shape index (κ2) is 9.71. The van der Waals surface area contributed by atoms with Gasteiger partial charge in [-0.05, 0) is 56.5 Å². The van der Waals surface area contributed by atoms with Crippen molar-refractivity contribution in [1.82, 2.24) is 20.3 Å². The van der Waals surface area contributed by atoms with Crippen LogP contribution in [0, 0.1) is 11.2 Å². The van der Waals surface area contributed by atoms with Crippen LogP contribution in [0.2, 0.25) is 0 Å². The van der Waals surface area contributed by atoms with Crippen LogP contribution < -0.4 is 10.6 Å². The number of anilines is 1. The summed E-state index contributed by atoms with van der Waals surface area (Å²) < 4.78 is 31.5. The highest BCUT2D eigenvalue weighted by Gasteiger charge is 2.43. The van der Waals surface area contributed by atoms with Crippen LogP contribution in [0.5, 0.6) is 0 Å². The first-order valence-corrected chi connectivity index (χ1v) is 11.8. The molecule has 1 saturated carbocycles. The molecule has 0 radical (unpaired) electrons. The maximum atomic E-state index is 13.6. The van der Waals surface area contributed by atoms with Gasteiger partial charge in [-0.2, -0.15) is 0 Å². The smallest absolute Gasteiger partial charge is 0.253 e. The first-order valence-electron chi connectivity index (χ1n) is 11.8. The van der Waals surface area contributed by atoms with Gasteiger partial charge in [0.15, 0.2) is 5.76 Å². The van der Waals surface area contributed by atoms with Crippen LogP contribution in [-0.2, 0) is 14.3 Å². The standard InChI is InChI=1S/C25H28FN5O4/c1-3-11-27-24-28-12-10-18(30-24)20-19(15-4-6-16(26)7-5-15)31-21(35-20)22-33-13-25(2,14-34-22)23(32)29-17-8-9-17/h4-7,10,12,17,22H,3,8-9,11,13-14H2,1-2H3,(H,29,32)(H,27,28,30). The lowest BCUT2D eigenvalue weighted by atomic mass is 9.91. The van der Waals surface area contributed by atoms with Crippen LogP contribution >= 0.6 is 0 Å². The van der Waals surface area contributed by atoms with Gasteiger partial charge in [0.2, 0.25) is 18.1 Å². The van der Waals surface area contributed by atoms with Gasteiger partial charge in [0.1, 0.15) is 17.2 Å². The Balaban J connectivity index is 1.42. The number of carbonyl (C=O) groups is 1. The minimum absolute atomic E-state index is 0.0772. The fourth-order valence-electron chi connectivity index (χ4n) is 3.69. The number of carbonyl (C=O) groups excluding carboxylic acids is 1. The van der Waals surface area contributed by atoms with Crippen molar-refractivity contribution in [3.8, 4) is 22.7 Å². The van der Waals surface area contributed by atoms with E-state index >= 15 is 0 Å². The van der Waals surface area contributed by atoms with Crippen molar-refractivity contribution in [3.05, 3.63) is 48.2 Å². The molecule has 1 amide bonds. The molecule has 3 heterocycles. The largest absolute Gasteiger partial charge is 0.433 e. The van der Waals surface area contributed by atoms with Crippen LogP contribution in [0.1, 0.15) is 45.3 Å². The average molecular weight is 482 g/mol. The van der Waals surface area contributed by atoms with E-state index in [0.717, 1.165) is 25.8 Å². The Labute approximate surface area is 202 Å². The lowest BCUT2D eigenvalue weighted by molar-refractivity contribution is -0.236. The molecule has 2 aromatic heterocycles. The number of benzene rings is 1. The zero-order valence-corrected chi connectivity index (χ0v) is 19.7. The molecule has 0 atom stereocenters. The molecule has 35 heavy (non-hydrogen) atoms. The van der Waals surface area contributed by atoms with Gasteiger partial charge in [-0.25, -0.2) is 19.3 Å². The molecule has 0 bridgehead atoms. The number of hydrogen-bond donors (Lipinski definition) is 2. The highest BCUT2D eigenvalue weighted by atomic mass is 19.1. The zero-order chi connectivity index (χ0) is 24.4. The number of halogens is 1. The maximum absolute atomic E-state index is 13.6.